The van der Waals surface area contributed by atoms with Crippen molar-refractivity contribution in [2.75, 3.05) is 27.4 Å². The predicted molar refractivity (Wildman–Crippen MR) is 134 cm³/mol. The van der Waals surface area contributed by atoms with Crippen molar-refractivity contribution < 1.29 is 23.3 Å². The van der Waals surface area contributed by atoms with E-state index in [0.717, 1.165) is 12.0 Å². The number of hydrogen-bond donors (Lipinski definition) is 0. The fourth-order valence-corrected chi connectivity index (χ4v) is 4.13. The molecule has 1 unspecified atom stereocenters. The van der Waals surface area contributed by atoms with Crippen LogP contribution in [0.1, 0.15) is 37.9 Å². The molecule has 1 aliphatic heterocycles. The summed E-state index contributed by atoms with van der Waals surface area (Å²) in [6.07, 6.45) is 1.54. The molecule has 3 aromatic rings. The van der Waals surface area contributed by atoms with E-state index in [9.17, 15) is 4.39 Å². The standard InChI is InChI=1S/C27H28ClFN2O4/c1-5-13-34-21-10-8-18(15-23(21)33-4)26-30-16-27(6-2,35-26)24-12-11-22(32-3)25(31-24)17-7-9-20(29)19(28)14-17/h7-12,14-15H,5-6,13,16H2,1-4H3. The highest BCUT2D eigenvalue weighted by Gasteiger charge is 2.40. The SMILES string of the molecule is CCCOc1ccc(C2=NCC(CC)(c3ccc(OC)c(-c4ccc(F)c(Cl)c4)n3)O2)cc1OC. The molecule has 184 valence electrons. The summed E-state index contributed by atoms with van der Waals surface area (Å²) in [4.78, 5) is 9.57. The lowest BCUT2D eigenvalue weighted by molar-refractivity contribution is 0.0770. The molecule has 0 radical (unpaired) electrons. The average molecular weight is 499 g/mol. The molecule has 8 heteroatoms. The van der Waals surface area contributed by atoms with Gasteiger partial charge in [0.15, 0.2) is 17.1 Å². The molecule has 0 saturated carbocycles. The van der Waals surface area contributed by atoms with Crippen LogP contribution >= 0.6 is 11.6 Å². The Morgan fingerprint density at radius 2 is 1.71 bits per heavy atom. The molecule has 0 bridgehead atoms. The van der Waals surface area contributed by atoms with Crippen molar-refractivity contribution in [2.24, 2.45) is 4.99 Å². The monoisotopic (exact) mass is 498 g/mol. The van der Waals surface area contributed by atoms with Crippen molar-refractivity contribution in [3.63, 3.8) is 0 Å². The van der Waals surface area contributed by atoms with Gasteiger partial charge in [-0.25, -0.2) is 14.4 Å². The van der Waals surface area contributed by atoms with Crippen LogP contribution < -0.4 is 14.2 Å². The summed E-state index contributed by atoms with van der Waals surface area (Å²) >= 11 is 6.03. The van der Waals surface area contributed by atoms with Gasteiger partial charge in [0.2, 0.25) is 5.90 Å². The number of hydrogen-bond acceptors (Lipinski definition) is 6. The highest BCUT2D eigenvalue weighted by Crippen LogP contribution is 2.39. The van der Waals surface area contributed by atoms with Gasteiger partial charge < -0.3 is 18.9 Å². The minimum atomic E-state index is -0.759. The van der Waals surface area contributed by atoms with E-state index in [-0.39, 0.29) is 5.02 Å². The molecule has 4 rings (SSSR count). The van der Waals surface area contributed by atoms with Gasteiger partial charge in [-0.05, 0) is 61.4 Å². The number of ether oxygens (including phenoxy) is 4. The van der Waals surface area contributed by atoms with E-state index in [0.29, 0.717) is 59.7 Å². The number of halogens is 2. The third-order valence-corrected chi connectivity index (χ3v) is 6.24. The number of pyridine rings is 1. The molecular formula is C27H28ClFN2O4. The second-order valence-corrected chi connectivity index (χ2v) is 8.57. The molecule has 35 heavy (non-hydrogen) atoms. The zero-order chi connectivity index (χ0) is 25.0. The number of rotatable bonds is 9. The minimum Gasteiger partial charge on any atom is -0.494 e. The smallest absolute Gasteiger partial charge is 0.217 e. The van der Waals surface area contributed by atoms with Gasteiger partial charge in [0.25, 0.3) is 0 Å². The summed E-state index contributed by atoms with van der Waals surface area (Å²) < 4.78 is 37.0. The minimum absolute atomic E-state index is 0.0185. The van der Waals surface area contributed by atoms with Crippen LogP contribution in [-0.2, 0) is 10.3 Å². The number of nitrogens with zero attached hydrogens (tertiary/aromatic N) is 2. The van der Waals surface area contributed by atoms with E-state index in [4.69, 9.17) is 40.5 Å². The van der Waals surface area contributed by atoms with Crippen LogP contribution in [0, 0.1) is 5.82 Å². The number of aromatic nitrogens is 1. The fourth-order valence-electron chi connectivity index (χ4n) is 3.94. The van der Waals surface area contributed by atoms with Gasteiger partial charge in [-0.15, -0.1) is 0 Å². The van der Waals surface area contributed by atoms with Crippen LogP contribution in [-0.4, -0.2) is 38.3 Å². The van der Waals surface area contributed by atoms with Crippen LogP contribution in [0.2, 0.25) is 5.02 Å². The van der Waals surface area contributed by atoms with Crippen molar-refractivity contribution >= 4 is 17.5 Å². The first-order valence-corrected chi connectivity index (χ1v) is 11.9. The van der Waals surface area contributed by atoms with Crippen molar-refractivity contribution in [1.82, 2.24) is 4.98 Å². The summed E-state index contributed by atoms with van der Waals surface area (Å²) in [5, 5.41) is 0.0185. The molecule has 0 aliphatic carbocycles. The van der Waals surface area contributed by atoms with Gasteiger partial charge in [0, 0.05) is 11.1 Å². The molecule has 0 fully saturated rings. The third-order valence-electron chi connectivity index (χ3n) is 5.95. The van der Waals surface area contributed by atoms with Crippen molar-refractivity contribution in [3.05, 3.63) is 70.6 Å². The molecule has 0 saturated heterocycles. The van der Waals surface area contributed by atoms with Gasteiger partial charge >= 0.3 is 0 Å². The van der Waals surface area contributed by atoms with Gasteiger partial charge in [0.05, 0.1) is 38.1 Å². The Bertz CT molecular complexity index is 1250. The fraction of sp³-hybridized carbons (Fsp3) is 0.333. The van der Waals surface area contributed by atoms with Crippen LogP contribution in [0.4, 0.5) is 4.39 Å². The van der Waals surface area contributed by atoms with Gasteiger partial charge in [-0.1, -0.05) is 25.4 Å². The molecular weight excluding hydrogens is 471 g/mol. The topological polar surface area (TPSA) is 62.2 Å². The van der Waals surface area contributed by atoms with Crippen molar-refractivity contribution in [2.45, 2.75) is 32.3 Å². The Morgan fingerprint density at radius 1 is 0.971 bits per heavy atom. The number of aliphatic imine (C=N–C) groups is 1. The summed E-state index contributed by atoms with van der Waals surface area (Å²) in [5.74, 6) is 1.87. The average Bonchev–Trinajstić information content (AvgIpc) is 3.34. The molecule has 0 spiro atoms. The Kier molecular flexibility index (Phi) is 7.45. The largest absolute Gasteiger partial charge is 0.494 e. The predicted octanol–water partition coefficient (Wildman–Crippen LogP) is 6.43. The van der Waals surface area contributed by atoms with E-state index in [1.54, 1.807) is 20.3 Å². The first-order valence-electron chi connectivity index (χ1n) is 11.5. The lowest BCUT2D eigenvalue weighted by Crippen LogP contribution is -2.31. The molecule has 0 N–H and O–H groups in total. The highest BCUT2D eigenvalue weighted by atomic mass is 35.5. The molecule has 2 heterocycles. The quantitative estimate of drug-likeness (QED) is 0.340. The maximum absolute atomic E-state index is 13.7. The van der Waals surface area contributed by atoms with Crippen molar-refractivity contribution in [1.29, 1.82) is 0 Å². The first kappa shape index (κ1) is 24.8. The van der Waals surface area contributed by atoms with Gasteiger partial charge in [-0.2, -0.15) is 0 Å². The molecule has 1 aliphatic rings. The third kappa shape index (κ3) is 4.91. The second kappa shape index (κ2) is 10.5. The van der Waals surface area contributed by atoms with E-state index in [2.05, 4.69) is 6.92 Å². The van der Waals surface area contributed by atoms with Crippen molar-refractivity contribution in [3.8, 4) is 28.5 Å². The van der Waals surface area contributed by atoms with E-state index >= 15 is 0 Å². The summed E-state index contributed by atoms with van der Waals surface area (Å²) in [6, 6.07) is 13.8. The van der Waals surface area contributed by atoms with Gasteiger partial charge in [0.1, 0.15) is 17.3 Å². The maximum Gasteiger partial charge on any atom is 0.217 e. The summed E-state index contributed by atoms with van der Waals surface area (Å²) in [7, 11) is 3.17. The first-order chi connectivity index (χ1) is 16.9. The normalized spacial score (nSPS) is 17.0. The Labute approximate surface area is 209 Å². The van der Waals surface area contributed by atoms with Crippen LogP contribution in [0.15, 0.2) is 53.5 Å². The second-order valence-electron chi connectivity index (χ2n) is 8.16. The Morgan fingerprint density at radius 3 is 2.40 bits per heavy atom. The highest BCUT2D eigenvalue weighted by molar-refractivity contribution is 6.31. The molecule has 0 amide bonds. The van der Waals surface area contributed by atoms with E-state index < -0.39 is 11.4 Å². The molecule has 1 aromatic heterocycles. The zero-order valence-corrected chi connectivity index (χ0v) is 21.0. The van der Waals surface area contributed by atoms with Crippen LogP contribution in [0.3, 0.4) is 0 Å². The molecule has 1 atom stereocenters. The number of methoxy groups -OCH3 is 2. The lowest BCUT2D eigenvalue weighted by Gasteiger charge is -2.27. The van der Waals surface area contributed by atoms with Crippen LogP contribution in [0.25, 0.3) is 11.3 Å². The Hall–Kier alpha value is -3.32. The molecule has 2 aromatic carbocycles. The zero-order valence-electron chi connectivity index (χ0n) is 20.2. The van der Waals surface area contributed by atoms with E-state index in [1.165, 1.54) is 12.1 Å². The lowest BCUT2D eigenvalue weighted by atomic mass is 9.95. The van der Waals surface area contributed by atoms with Crippen LogP contribution in [0.5, 0.6) is 17.2 Å². The Balaban J connectivity index is 1.66. The molecule has 6 nitrogen and oxygen atoms in total. The van der Waals surface area contributed by atoms with E-state index in [1.807, 2.05) is 37.3 Å². The number of benzene rings is 2. The maximum atomic E-state index is 13.7. The summed E-state index contributed by atoms with van der Waals surface area (Å²) in [5.41, 5.74) is 1.93. The summed E-state index contributed by atoms with van der Waals surface area (Å²) in [6.45, 7) is 5.09. The van der Waals surface area contributed by atoms with Gasteiger partial charge in [-0.3, -0.25) is 0 Å².